The number of methoxy groups -OCH3 is 1. The van der Waals surface area contributed by atoms with E-state index in [0.29, 0.717) is 0 Å². The lowest BCUT2D eigenvalue weighted by Crippen LogP contribution is -2.09. The fourth-order valence-electron chi connectivity index (χ4n) is 1.43. The van der Waals surface area contributed by atoms with E-state index in [1.165, 1.54) is 7.11 Å². The van der Waals surface area contributed by atoms with Gasteiger partial charge in [0.25, 0.3) is 6.43 Å². The molecule has 1 heterocycles. The molecule has 0 saturated heterocycles. The molecule has 0 fully saturated rings. The van der Waals surface area contributed by atoms with Gasteiger partial charge in [-0.25, -0.2) is 8.78 Å². The van der Waals surface area contributed by atoms with Gasteiger partial charge in [0.05, 0.1) is 30.7 Å². The van der Waals surface area contributed by atoms with Crippen LogP contribution in [0, 0.1) is 0 Å². The highest BCUT2D eigenvalue weighted by molar-refractivity contribution is 6.17. The van der Waals surface area contributed by atoms with Crippen molar-refractivity contribution >= 4 is 17.6 Å². The van der Waals surface area contributed by atoms with Crippen molar-refractivity contribution in [2.24, 2.45) is 0 Å². The van der Waals surface area contributed by atoms with Crippen molar-refractivity contribution in [1.29, 1.82) is 0 Å². The second-order valence-electron chi connectivity index (χ2n) is 3.18. The Balaban J connectivity index is 3.37. The van der Waals surface area contributed by atoms with Gasteiger partial charge in [0.2, 0.25) is 0 Å². The third-order valence-corrected chi connectivity index (χ3v) is 2.39. The number of carboxylic acid groups (broad SMARTS) is 1. The number of alkyl halides is 3. The minimum absolute atomic E-state index is 0.0670. The van der Waals surface area contributed by atoms with Gasteiger partial charge in [-0.15, -0.1) is 11.6 Å². The highest BCUT2D eigenvalue weighted by Gasteiger charge is 2.22. The van der Waals surface area contributed by atoms with Crippen molar-refractivity contribution in [3.63, 3.8) is 0 Å². The summed E-state index contributed by atoms with van der Waals surface area (Å²) in [4.78, 5) is 14.4. The molecule has 0 radical (unpaired) electrons. The smallest absolute Gasteiger partial charge is 0.308 e. The first-order valence-electron chi connectivity index (χ1n) is 4.61. The van der Waals surface area contributed by atoms with Gasteiger partial charge >= 0.3 is 5.97 Å². The van der Waals surface area contributed by atoms with Crippen molar-refractivity contribution in [3.05, 3.63) is 23.0 Å². The number of halogens is 3. The molecule has 0 bridgehead atoms. The summed E-state index contributed by atoms with van der Waals surface area (Å²) in [6.07, 6.45) is -2.29. The maximum Gasteiger partial charge on any atom is 0.308 e. The molecule has 0 aliphatic heterocycles. The molecule has 17 heavy (non-hydrogen) atoms. The number of carbonyl (C=O) groups is 1. The molecule has 4 nitrogen and oxygen atoms in total. The average Bonchev–Trinajstić information content (AvgIpc) is 2.27. The second-order valence-corrected chi connectivity index (χ2v) is 3.44. The van der Waals surface area contributed by atoms with Crippen LogP contribution in [0.2, 0.25) is 0 Å². The van der Waals surface area contributed by atoms with E-state index in [1.807, 2.05) is 0 Å². The first-order valence-corrected chi connectivity index (χ1v) is 5.15. The zero-order valence-electron chi connectivity index (χ0n) is 8.91. The molecule has 0 aliphatic rings. The van der Waals surface area contributed by atoms with Crippen LogP contribution >= 0.6 is 11.6 Å². The quantitative estimate of drug-likeness (QED) is 0.831. The number of aromatic nitrogens is 1. The molecular formula is C10H10ClF2NO3. The van der Waals surface area contributed by atoms with E-state index >= 15 is 0 Å². The molecule has 1 aromatic heterocycles. The van der Waals surface area contributed by atoms with Crippen LogP contribution in [0.25, 0.3) is 0 Å². The molecule has 0 amide bonds. The van der Waals surface area contributed by atoms with Crippen LogP contribution in [0.15, 0.2) is 6.20 Å². The van der Waals surface area contributed by atoms with Gasteiger partial charge in [0, 0.05) is 11.8 Å². The van der Waals surface area contributed by atoms with Crippen molar-refractivity contribution in [1.82, 2.24) is 4.98 Å². The van der Waals surface area contributed by atoms with Crippen LogP contribution in [0.3, 0.4) is 0 Å². The van der Waals surface area contributed by atoms with Crippen molar-refractivity contribution in [3.8, 4) is 5.75 Å². The molecule has 0 unspecified atom stereocenters. The highest BCUT2D eigenvalue weighted by atomic mass is 35.5. The van der Waals surface area contributed by atoms with E-state index in [1.54, 1.807) is 0 Å². The van der Waals surface area contributed by atoms with Crippen molar-refractivity contribution < 1.29 is 23.4 Å². The molecule has 0 aliphatic carbocycles. The number of hydrogen-bond donors (Lipinski definition) is 1. The number of carboxylic acids is 1. The summed E-state index contributed by atoms with van der Waals surface area (Å²) < 4.78 is 30.2. The Morgan fingerprint density at radius 1 is 1.65 bits per heavy atom. The van der Waals surface area contributed by atoms with Crippen LogP contribution < -0.4 is 4.74 Å². The van der Waals surface area contributed by atoms with Gasteiger partial charge in [0.15, 0.2) is 0 Å². The molecule has 7 heteroatoms. The summed E-state index contributed by atoms with van der Waals surface area (Å²) in [5.41, 5.74) is -0.110. The van der Waals surface area contributed by atoms with Crippen LogP contribution in [0.4, 0.5) is 8.78 Å². The van der Waals surface area contributed by atoms with E-state index in [0.717, 1.165) is 6.20 Å². The maximum atomic E-state index is 12.7. The summed E-state index contributed by atoms with van der Waals surface area (Å²) in [5, 5.41) is 8.72. The lowest BCUT2D eigenvalue weighted by atomic mass is 10.1. The number of aliphatic carboxylic acids is 1. The van der Waals surface area contributed by atoms with Gasteiger partial charge in [-0.2, -0.15) is 0 Å². The molecule has 0 saturated carbocycles. The lowest BCUT2D eigenvalue weighted by Gasteiger charge is -2.14. The van der Waals surface area contributed by atoms with Crippen molar-refractivity contribution in [2.45, 2.75) is 18.7 Å². The van der Waals surface area contributed by atoms with E-state index in [2.05, 4.69) is 4.98 Å². The van der Waals surface area contributed by atoms with Crippen LogP contribution in [0.5, 0.6) is 5.75 Å². The largest absolute Gasteiger partial charge is 0.496 e. The van der Waals surface area contributed by atoms with Gasteiger partial charge in [0.1, 0.15) is 5.75 Å². The zero-order chi connectivity index (χ0) is 13.0. The number of rotatable bonds is 5. The molecular weight excluding hydrogens is 256 g/mol. The molecule has 1 aromatic rings. The lowest BCUT2D eigenvalue weighted by molar-refractivity contribution is -0.136. The molecule has 0 spiro atoms. The summed E-state index contributed by atoms with van der Waals surface area (Å²) in [7, 11) is 1.20. The van der Waals surface area contributed by atoms with E-state index in [4.69, 9.17) is 21.4 Å². The summed E-state index contributed by atoms with van der Waals surface area (Å²) in [6, 6.07) is 0. The van der Waals surface area contributed by atoms with Crippen LogP contribution in [0.1, 0.15) is 23.2 Å². The second kappa shape index (κ2) is 5.77. The third kappa shape index (κ3) is 3.03. The molecule has 94 valence electrons. The summed E-state index contributed by atoms with van der Waals surface area (Å²) >= 11 is 5.58. The van der Waals surface area contributed by atoms with Crippen LogP contribution in [-0.2, 0) is 17.1 Å². The Morgan fingerprint density at radius 3 is 2.71 bits per heavy atom. The van der Waals surface area contributed by atoms with Crippen molar-refractivity contribution in [2.75, 3.05) is 7.11 Å². The Hall–Kier alpha value is -1.43. The van der Waals surface area contributed by atoms with E-state index in [-0.39, 0.29) is 22.9 Å². The zero-order valence-corrected chi connectivity index (χ0v) is 9.67. The molecule has 0 atom stereocenters. The minimum atomic E-state index is -2.78. The van der Waals surface area contributed by atoms with Gasteiger partial charge in [-0.3, -0.25) is 9.78 Å². The predicted molar refractivity (Wildman–Crippen MR) is 56.6 cm³/mol. The number of nitrogens with zero attached hydrogens (tertiary/aromatic N) is 1. The Morgan fingerprint density at radius 2 is 2.29 bits per heavy atom. The molecule has 1 N–H and O–H groups in total. The van der Waals surface area contributed by atoms with Crippen LogP contribution in [-0.4, -0.2) is 23.2 Å². The topological polar surface area (TPSA) is 59.4 Å². The maximum absolute atomic E-state index is 12.7. The first kappa shape index (κ1) is 13.6. The monoisotopic (exact) mass is 265 g/mol. The van der Waals surface area contributed by atoms with Gasteiger partial charge < -0.3 is 9.84 Å². The normalized spacial score (nSPS) is 10.6. The molecule has 0 aromatic carbocycles. The average molecular weight is 266 g/mol. The minimum Gasteiger partial charge on any atom is -0.496 e. The number of pyridine rings is 1. The van der Waals surface area contributed by atoms with Gasteiger partial charge in [-0.05, 0) is 0 Å². The first-order chi connectivity index (χ1) is 8.01. The highest BCUT2D eigenvalue weighted by Crippen LogP contribution is 2.33. The number of ether oxygens (including phenoxy) is 1. The Bertz CT molecular complexity index is 426. The number of hydrogen-bond acceptors (Lipinski definition) is 3. The summed E-state index contributed by atoms with van der Waals surface area (Å²) in [5.74, 6) is -1.39. The predicted octanol–water partition coefficient (Wildman–Crippen LogP) is 2.39. The fourth-order valence-corrected chi connectivity index (χ4v) is 1.66. The van der Waals surface area contributed by atoms with Gasteiger partial charge in [-0.1, -0.05) is 0 Å². The van der Waals surface area contributed by atoms with E-state index in [9.17, 15) is 13.6 Å². The Labute approximate surface area is 101 Å². The molecule has 1 rings (SSSR count). The Kier molecular flexibility index (Phi) is 4.62. The summed E-state index contributed by atoms with van der Waals surface area (Å²) in [6.45, 7) is 0. The van der Waals surface area contributed by atoms with E-state index < -0.39 is 24.4 Å². The standard InChI is InChI=1S/C10H10ClF2NO3/c1-17-9-5(2-8(15)16)7(3-11)14-4-6(9)10(12)13/h4,10H,2-3H2,1H3,(H,15,16). The SMILES string of the molecule is COc1c(C(F)F)cnc(CCl)c1CC(=O)O. The fraction of sp³-hybridized carbons (Fsp3) is 0.400. The third-order valence-electron chi connectivity index (χ3n) is 2.14.